The van der Waals surface area contributed by atoms with Gasteiger partial charge in [-0.05, 0) is 61.8 Å². The average Bonchev–Trinajstić information content (AvgIpc) is 2.94. The summed E-state index contributed by atoms with van der Waals surface area (Å²) in [5, 5.41) is 2.56. The van der Waals surface area contributed by atoms with E-state index in [1.54, 1.807) is 0 Å². The molecule has 220 valence electrons. The topological polar surface area (TPSA) is 122 Å². The van der Waals surface area contributed by atoms with Crippen LogP contribution in [0.25, 0.3) is 0 Å². The van der Waals surface area contributed by atoms with Crippen molar-refractivity contribution in [3.05, 3.63) is 120 Å². The Labute approximate surface area is 248 Å². The number of hydrogen-bond acceptors (Lipinski definition) is 4. The molecule has 8 nitrogen and oxygen atoms in total. The van der Waals surface area contributed by atoms with Crippen molar-refractivity contribution in [3.8, 4) is 0 Å². The van der Waals surface area contributed by atoms with E-state index in [0.29, 0.717) is 11.1 Å². The van der Waals surface area contributed by atoms with Gasteiger partial charge in [-0.2, -0.15) is 0 Å². The molecule has 0 atom stereocenters. The summed E-state index contributed by atoms with van der Waals surface area (Å²) in [6.07, 6.45) is 2.71. The zero-order valence-corrected chi connectivity index (χ0v) is 26.5. The van der Waals surface area contributed by atoms with Gasteiger partial charge in [0.25, 0.3) is 0 Å². The van der Waals surface area contributed by atoms with Gasteiger partial charge in [0, 0.05) is 36.5 Å². The fourth-order valence-corrected chi connectivity index (χ4v) is 11.4. The van der Waals surface area contributed by atoms with Crippen molar-refractivity contribution < 1.29 is 28.7 Å². The van der Waals surface area contributed by atoms with Gasteiger partial charge >= 0.3 is 15.2 Å². The second-order valence-electron chi connectivity index (χ2n) is 10.4. The van der Waals surface area contributed by atoms with E-state index < -0.39 is 31.0 Å². The number of nitrogens with zero attached hydrogens (tertiary/aromatic N) is 2. The highest BCUT2D eigenvalue weighted by molar-refractivity contribution is 7.67. The van der Waals surface area contributed by atoms with Crippen molar-refractivity contribution in [2.24, 2.45) is 0 Å². The predicted molar refractivity (Wildman–Crippen MR) is 175 cm³/mol. The fourth-order valence-electron chi connectivity index (χ4n) is 5.03. The van der Waals surface area contributed by atoms with Crippen LogP contribution in [0.15, 0.2) is 109 Å². The fraction of sp³-hybridized carbons (Fsp3) is 0.200. The molecule has 1 aliphatic rings. The summed E-state index contributed by atoms with van der Waals surface area (Å²) in [7, 11) is -9.64. The third-order valence-electron chi connectivity index (χ3n) is 6.99. The molecule has 42 heavy (non-hydrogen) atoms. The average molecular weight is 643 g/mol. The van der Waals surface area contributed by atoms with Crippen LogP contribution in [0.4, 0.5) is 11.4 Å². The van der Waals surface area contributed by atoms with Crippen LogP contribution in [0.3, 0.4) is 0 Å². The summed E-state index contributed by atoms with van der Waals surface area (Å²) in [6, 6.07) is 36.2. The molecule has 0 spiro atoms. The lowest BCUT2D eigenvalue weighted by Gasteiger charge is -2.41. The van der Waals surface area contributed by atoms with E-state index in [9.17, 15) is 28.7 Å². The van der Waals surface area contributed by atoms with Gasteiger partial charge < -0.3 is 29.4 Å². The Morgan fingerprint density at radius 3 is 1.10 bits per heavy atom. The lowest BCUT2D eigenvalue weighted by atomic mass is 10.2. The van der Waals surface area contributed by atoms with E-state index >= 15 is 0 Å². The monoisotopic (exact) mass is 642 g/mol. The standard InChI is InChI=1S/C30H34N2O6P4/c33-41(34,35)19-25-11-15-27(16-12-25)31-21-39(29-7-3-1-4-8-29)22-32(24-40(23-31)30-9-5-2-6-10-30)28-17-13-26(14-18-28)20-42(36,37)38/h1-18H,19-24H2,(H2,33,34,35)(H2,36,37,38). The minimum absolute atomic E-state index is 0.275. The van der Waals surface area contributed by atoms with Gasteiger partial charge in [0.2, 0.25) is 0 Å². The summed E-state index contributed by atoms with van der Waals surface area (Å²) in [5.74, 6) is 0. The normalized spacial score (nSPS) is 18.4. The molecule has 5 rings (SSSR count). The largest absolute Gasteiger partial charge is 0.363 e. The smallest absolute Gasteiger partial charge is 0.329 e. The molecule has 0 aromatic heterocycles. The highest BCUT2D eigenvalue weighted by Gasteiger charge is 2.28. The van der Waals surface area contributed by atoms with Crippen molar-refractivity contribution in [2.75, 3.05) is 34.9 Å². The molecule has 1 saturated heterocycles. The minimum atomic E-state index is -4.15. The van der Waals surface area contributed by atoms with Crippen molar-refractivity contribution in [1.82, 2.24) is 0 Å². The molecule has 4 aromatic rings. The first-order chi connectivity index (χ1) is 20.0. The molecule has 0 amide bonds. The van der Waals surface area contributed by atoms with E-state index in [-0.39, 0.29) is 12.3 Å². The molecule has 1 fully saturated rings. The SMILES string of the molecule is O=P(O)(O)Cc1ccc(N2CP(c3ccccc3)CN(c3ccc(CP(=O)(O)O)cc3)CP(c3ccccc3)C2)cc1. The predicted octanol–water partition coefficient (Wildman–Crippen LogP) is 5.81. The van der Waals surface area contributed by atoms with Gasteiger partial charge in [0.05, 0.1) is 12.3 Å². The minimum Gasteiger partial charge on any atom is -0.363 e. The molecule has 0 unspecified atom stereocenters. The van der Waals surface area contributed by atoms with E-state index in [1.165, 1.54) is 10.6 Å². The summed E-state index contributed by atoms with van der Waals surface area (Å²) in [5.41, 5.74) is 3.30. The molecule has 4 aromatic carbocycles. The van der Waals surface area contributed by atoms with Gasteiger partial charge in [-0.3, -0.25) is 9.13 Å². The van der Waals surface area contributed by atoms with Crippen LogP contribution >= 0.6 is 31.0 Å². The zero-order chi connectivity index (χ0) is 29.7. The molecule has 4 N–H and O–H groups in total. The first-order valence-electron chi connectivity index (χ1n) is 13.4. The Morgan fingerprint density at radius 2 is 0.810 bits per heavy atom. The quantitative estimate of drug-likeness (QED) is 0.178. The van der Waals surface area contributed by atoms with Crippen LogP contribution in [0.2, 0.25) is 0 Å². The Morgan fingerprint density at radius 1 is 0.500 bits per heavy atom. The van der Waals surface area contributed by atoms with Crippen molar-refractivity contribution in [3.63, 3.8) is 0 Å². The van der Waals surface area contributed by atoms with Crippen molar-refractivity contribution in [1.29, 1.82) is 0 Å². The van der Waals surface area contributed by atoms with Gasteiger partial charge in [0.15, 0.2) is 0 Å². The zero-order valence-electron chi connectivity index (χ0n) is 22.9. The maximum absolute atomic E-state index is 11.5. The molecule has 0 aliphatic carbocycles. The highest BCUT2D eigenvalue weighted by Crippen LogP contribution is 2.48. The first-order valence-corrected chi connectivity index (χ1v) is 20.4. The summed E-state index contributed by atoms with van der Waals surface area (Å²) in [4.78, 5) is 42.6. The van der Waals surface area contributed by atoms with Gasteiger partial charge in [-0.25, -0.2) is 0 Å². The molecule has 0 saturated carbocycles. The number of benzene rings is 4. The lowest BCUT2D eigenvalue weighted by molar-refractivity contribution is 0.369. The molecule has 1 heterocycles. The van der Waals surface area contributed by atoms with E-state index in [2.05, 4.69) is 58.3 Å². The van der Waals surface area contributed by atoms with Crippen molar-refractivity contribution >= 4 is 53.0 Å². The van der Waals surface area contributed by atoms with Crippen molar-refractivity contribution in [2.45, 2.75) is 12.3 Å². The molecule has 1 aliphatic heterocycles. The van der Waals surface area contributed by atoms with Crippen LogP contribution in [0.5, 0.6) is 0 Å². The molecule has 0 radical (unpaired) electrons. The summed E-state index contributed by atoms with van der Waals surface area (Å²) in [6.45, 7) is 0. The number of hydrogen-bond donors (Lipinski definition) is 4. The second kappa shape index (κ2) is 13.5. The van der Waals surface area contributed by atoms with Crippen LogP contribution in [0.1, 0.15) is 11.1 Å². The Kier molecular flexibility index (Phi) is 10.0. The van der Waals surface area contributed by atoms with E-state index in [4.69, 9.17) is 0 Å². The maximum atomic E-state index is 11.5. The number of anilines is 2. The van der Waals surface area contributed by atoms with Gasteiger partial charge in [-0.1, -0.05) is 84.9 Å². The van der Waals surface area contributed by atoms with E-state index in [1.807, 2.05) is 60.7 Å². The van der Waals surface area contributed by atoms with Crippen LogP contribution in [0, 0.1) is 0 Å². The summed E-state index contributed by atoms with van der Waals surface area (Å²) < 4.78 is 23.1. The molecule has 0 bridgehead atoms. The first kappa shape index (κ1) is 31.1. The number of rotatable bonds is 8. The Bertz CT molecular complexity index is 1420. The molecular formula is C30H34N2O6P4. The molecular weight excluding hydrogens is 608 g/mol. The third-order valence-corrected chi connectivity index (χ3v) is 13.3. The highest BCUT2D eigenvalue weighted by atomic mass is 31.2. The Hall–Kier alpha value is -2.36. The maximum Gasteiger partial charge on any atom is 0.329 e. The second-order valence-corrected chi connectivity index (χ2v) is 18.0. The van der Waals surface area contributed by atoms with E-state index in [0.717, 1.165) is 36.5 Å². The van der Waals surface area contributed by atoms with Gasteiger partial charge in [-0.15, -0.1) is 0 Å². The third kappa shape index (κ3) is 8.83. The van der Waals surface area contributed by atoms with Crippen LogP contribution in [-0.2, 0) is 21.5 Å². The molecule has 12 heteroatoms. The van der Waals surface area contributed by atoms with Crippen LogP contribution < -0.4 is 20.4 Å². The van der Waals surface area contributed by atoms with Crippen LogP contribution in [-0.4, -0.2) is 44.7 Å². The lowest BCUT2D eigenvalue weighted by Crippen LogP contribution is -2.38. The Balaban J connectivity index is 1.50. The summed E-state index contributed by atoms with van der Waals surface area (Å²) >= 11 is 0. The van der Waals surface area contributed by atoms with Gasteiger partial charge in [0.1, 0.15) is 0 Å².